The Morgan fingerprint density at radius 2 is 1.02 bits per heavy atom. The van der Waals surface area contributed by atoms with E-state index in [0.717, 1.165) is 63.2 Å². The standard InChI is InChI=1S/C37H65N3O11/c1-30(41)37(50-28-26-48-24-22-38,51-29-27-49-25-23-39)35(45)32(42)21-20-31(36(46)47)40-33(43)18-16-14-12-10-8-6-4-2-3-5-7-9-11-13-15-17-19-34(40)44/h31H,2-29,38-39H2,1H3,(H,46,47)/t31-/m0/s1. The van der Waals surface area contributed by atoms with Crippen molar-refractivity contribution >= 4 is 35.1 Å². The molecule has 14 heteroatoms. The highest BCUT2D eigenvalue weighted by atomic mass is 16.7. The second-order valence-electron chi connectivity index (χ2n) is 13.1. The molecular formula is C37H65N3O11. The lowest BCUT2D eigenvalue weighted by Crippen LogP contribution is -2.55. The number of carboxylic acid groups (broad SMARTS) is 1. The number of aliphatic carboxylic acids is 1. The van der Waals surface area contributed by atoms with E-state index in [1.807, 2.05) is 0 Å². The van der Waals surface area contributed by atoms with Gasteiger partial charge in [-0.1, -0.05) is 89.9 Å². The lowest BCUT2D eigenvalue weighted by atomic mass is 9.97. The molecule has 1 aliphatic heterocycles. The van der Waals surface area contributed by atoms with Crippen molar-refractivity contribution in [3.8, 4) is 0 Å². The first kappa shape index (κ1) is 46.4. The van der Waals surface area contributed by atoms with Gasteiger partial charge in [0.25, 0.3) is 11.6 Å². The van der Waals surface area contributed by atoms with Crippen LogP contribution in [0.2, 0.25) is 0 Å². The van der Waals surface area contributed by atoms with Gasteiger partial charge in [-0.3, -0.25) is 28.9 Å². The first-order chi connectivity index (χ1) is 24.6. The Morgan fingerprint density at radius 1 is 0.647 bits per heavy atom. The van der Waals surface area contributed by atoms with E-state index in [2.05, 4.69) is 0 Å². The van der Waals surface area contributed by atoms with Gasteiger partial charge >= 0.3 is 5.97 Å². The maximum absolute atomic E-state index is 13.6. The van der Waals surface area contributed by atoms with E-state index >= 15 is 0 Å². The number of amides is 2. The molecule has 1 saturated heterocycles. The highest BCUT2D eigenvalue weighted by molar-refractivity contribution is 6.44. The highest BCUT2D eigenvalue weighted by Crippen LogP contribution is 2.22. The number of hydrogen-bond acceptors (Lipinski definition) is 12. The molecule has 0 aromatic heterocycles. The van der Waals surface area contributed by atoms with Gasteiger partial charge in [0.1, 0.15) is 6.04 Å². The number of hydrogen-bond donors (Lipinski definition) is 3. The van der Waals surface area contributed by atoms with Crippen LogP contribution >= 0.6 is 0 Å². The second kappa shape index (κ2) is 28.9. The molecule has 2 amide bonds. The van der Waals surface area contributed by atoms with Crippen LogP contribution in [0.4, 0.5) is 0 Å². The van der Waals surface area contributed by atoms with Gasteiger partial charge in [0.15, 0.2) is 5.78 Å². The van der Waals surface area contributed by atoms with Gasteiger partial charge in [0, 0.05) is 39.3 Å². The molecule has 1 fully saturated rings. The summed E-state index contributed by atoms with van der Waals surface area (Å²) in [5.74, 6) is -8.72. The Labute approximate surface area is 304 Å². The molecule has 0 bridgehead atoms. The molecule has 294 valence electrons. The lowest BCUT2D eigenvalue weighted by Gasteiger charge is -2.30. The molecule has 0 spiro atoms. The van der Waals surface area contributed by atoms with Crippen molar-refractivity contribution in [3.63, 3.8) is 0 Å². The van der Waals surface area contributed by atoms with Crippen LogP contribution in [0, 0.1) is 0 Å². The zero-order valence-electron chi connectivity index (χ0n) is 31.0. The fraction of sp³-hybridized carbons (Fsp3) is 0.838. The number of carbonyl (C=O) groups is 6. The van der Waals surface area contributed by atoms with Crippen LogP contribution in [0.25, 0.3) is 0 Å². The maximum Gasteiger partial charge on any atom is 0.326 e. The highest BCUT2D eigenvalue weighted by Gasteiger charge is 2.49. The Kier molecular flexibility index (Phi) is 26.3. The van der Waals surface area contributed by atoms with Crippen LogP contribution < -0.4 is 11.5 Å². The molecule has 1 aliphatic rings. The number of rotatable bonds is 20. The summed E-state index contributed by atoms with van der Waals surface area (Å²) in [7, 11) is 0. The summed E-state index contributed by atoms with van der Waals surface area (Å²) in [6, 6.07) is -1.67. The van der Waals surface area contributed by atoms with Crippen molar-refractivity contribution in [2.75, 3.05) is 52.7 Å². The van der Waals surface area contributed by atoms with E-state index in [1.54, 1.807) is 0 Å². The largest absolute Gasteiger partial charge is 0.480 e. The third-order valence-corrected chi connectivity index (χ3v) is 8.92. The quantitative estimate of drug-likeness (QED) is 0.0532. The predicted molar refractivity (Wildman–Crippen MR) is 191 cm³/mol. The van der Waals surface area contributed by atoms with Gasteiger partial charge in [-0.2, -0.15) is 0 Å². The van der Waals surface area contributed by atoms with Crippen LogP contribution in [0.3, 0.4) is 0 Å². The van der Waals surface area contributed by atoms with Gasteiger partial charge < -0.3 is 35.5 Å². The third kappa shape index (κ3) is 19.2. The summed E-state index contributed by atoms with van der Waals surface area (Å²) in [6.07, 6.45) is 15.0. The van der Waals surface area contributed by atoms with Crippen molar-refractivity contribution < 1.29 is 52.8 Å². The van der Waals surface area contributed by atoms with E-state index in [1.165, 1.54) is 38.5 Å². The Hall–Kier alpha value is -2.62. The van der Waals surface area contributed by atoms with E-state index in [0.29, 0.717) is 12.8 Å². The van der Waals surface area contributed by atoms with Crippen LogP contribution in [-0.2, 0) is 47.7 Å². The van der Waals surface area contributed by atoms with Gasteiger partial charge in [0.05, 0.1) is 39.6 Å². The fourth-order valence-electron chi connectivity index (χ4n) is 6.08. The smallest absolute Gasteiger partial charge is 0.326 e. The third-order valence-electron chi connectivity index (χ3n) is 8.92. The molecule has 0 aromatic rings. The first-order valence-corrected chi connectivity index (χ1v) is 19.1. The minimum Gasteiger partial charge on any atom is -0.480 e. The normalized spacial score (nSPS) is 17.7. The van der Waals surface area contributed by atoms with Gasteiger partial charge in [-0.25, -0.2) is 4.79 Å². The van der Waals surface area contributed by atoms with Gasteiger partial charge in [-0.05, 0) is 19.3 Å². The summed E-state index contributed by atoms with van der Waals surface area (Å²) < 4.78 is 21.6. The second-order valence-corrected chi connectivity index (χ2v) is 13.1. The molecule has 0 aliphatic carbocycles. The van der Waals surface area contributed by atoms with Crippen LogP contribution in [-0.4, -0.2) is 110 Å². The minimum absolute atomic E-state index is 0.00399. The van der Waals surface area contributed by atoms with Crippen molar-refractivity contribution in [1.29, 1.82) is 0 Å². The first-order valence-electron chi connectivity index (χ1n) is 19.1. The van der Waals surface area contributed by atoms with E-state index in [9.17, 15) is 33.9 Å². The Balaban J connectivity index is 3.11. The van der Waals surface area contributed by atoms with E-state index < -0.39 is 59.8 Å². The molecule has 0 aromatic carbocycles. The predicted octanol–water partition coefficient (Wildman–Crippen LogP) is 4.02. The summed E-state index contributed by atoms with van der Waals surface area (Å²) in [5, 5.41) is 10.2. The Bertz CT molecular complexity index is 993. The zero-order chi connectivity index (χ0) is 37.7. The van der Waals surface area contributed by atoms with Crippen molar-refractivity contribution in [2.24, 2.45) is 11.5 Å². The van der Waals surface area contributed by atoms with Crippen molar-refractivity contribution in [1.82, 2.24) is 4.90 Å². The molecule has 0 saturated carbocycles. The molecule has 51 heavy (non-hydrogen) atoms. The Morgan fingerprint density at radius 3 is 1.35 bits per heavy atom. The van der Waals surface area contributed by atoms with Crippen LogP contribution in [0.1, 0.15) is 135 Å². The number of nitrogens with two attached hydrogens (primary N) is 2. The molecule has 1 atom stereocenters. The summed E-state index contributed by atoms with van der Waals surface area (Å²) in [6.45, 7) is 1.19. The van der Waals surface area contributed by atoms with Gasteiger partial charge in [-0.15, -0.1) is 0 Å². The number of carboxylic acids is 1. The van der Waals surface area contributed by atoms with E-state index in [-0.39, 0.29) is 65.6 Å². The van der Waals surface area contributed by atoms with Crippen molar-refractivity contribution in [2.45, 2.75) is 147 Å². The molecule has 14 nitrogen and oxygen atoms in total. The maximum atomic E-state index is 13.6. The summed E-state index contributed by atoms with van der Waals surface area (Å²) in [4.78, 5) is 80.0. The molecular weight excluding hydrogens is 662 g/mol. The number of Topliss-reactive ketones (excluding diaryl/α,β-unsaturated/α-hetero) is 3. The van der Waals surface area contributed by atoms with E-state index in [4.69, 9.17) is 30.4 Å². The monoisotopic (exact) mass is 727 g/mol. The zero-order valence-corrected chi connectivity index (χ0v) is 31.0. The molecule has 1 heterocycles. The summed E-state index contributed by atoms with van der Waals surface area (Å²) >= 11 is 0. The fourth-order valence-corrected chi connectivity index (χ4v) is 6.08. The van der Waals surface area contributed by atoms with Crippen molar-refractivity contribution in [3.05, 3.63) is 0 Å². The average Bonchev–Trinajstić information content (AvgIpc) is 3.10. The topological polar surface area (TPSA) is 215 Å². The number of ketones is 3. The lowest BCUT2D eigenvalue weighted by molar-refractivity contribution is -0.227. The van der Waals surface area contributed by atoms with Crippen LogP contribution in [0.5, 0.6) is 0 Å². The number of nitrogens with zero attached hydrogens (tertiary/aromatic N) is 1. The number of imide groups is 1. The molecule has 0 radical (unpaired) electrons. The SMILES string of the molecule is CC(=O)C(OCCOCCN)(OCCOCCN)C(=O)C(=O)CC[C@@H](C(=O)O)N1C(=O)CCCCCCCCCCCCCCCCCCC1=O. The number of carbonyl (C=O) groups excluding carboxylic acids is 5. The molecule has 0 unspecified atom stereocenters. The summed E-state index contributed by atoms with van der Waals surface area (Å²) in [5.41, 5.74) is 10.9. The average molecular weight is 728 g/mol. The molecule has 1 rings (SSSR count). The van der Waals surface area contributed by atoms with Crippen LogP contribution in [0.15, 0.2) is 0 Å². The minimum atomic E-state index is -2.63. The number of ether oxygens (including phenoxy) is 4. The molecule has 5 N–H and O–H groups in total. The van der Waals surface area contributed by atoms with Gasteiger partial charge in [0.2, 0.25) is 17.6 Å².